The van der Waals surface area contributed by atoms with Gasteiger partial charge in [-0.25, -0.2) is 5.43 Å². The highest BCUT2D eigenvalue weighted by Gasteiger charge is 2.13. The SMILES string of the molecule is CC(C)(C)c1ccc(OCC(=O)N/N=C/c2cccc3ccccc23)cc1. The average molecular weight is 360 g/mol. The third-order valence-electron chi connectivity index (χ3n) is 4.31. The molecule has 138 valence electrons. The van der Waals surface area contributed by atoms with Crippen molar-refractivity contribution in [3.63, 3.8) is 0 Å². The predicted molar refractivity (Wildman–Crippen MR) is 110 cm³/mol. The number of fused-ring (bicyclic) bond motifs is 1. The van der Waals surface area contributed by atoms with Crippen molar-refractivity contribution in [2.24, 2.45) is 5.10 Å². The van der Waals surface area contributed by atoms with Crippen molar-refractivity contribution in [3.05, 3.63) is 77.9 Å². The van der Waals surface area contributed by atoms with Gasteiger partial charge in [0.05, 0.1) is 6.21 Å². The fourth-order valence-corrected chi connectivity index (χ4v) is 2.77. The van der Waals surface area contributed by atoms with Crippen molar-refractivity contribution in [1.29, 1.82) is 0 Å². The molecule has 3 aromatic rings. The maximum Gasteiger partial charge on any atom is 0.277 e. The Labute approximate surface area is 159 Å². The third-order valence-corrected chi connectivity index (χ3v) is 4.31. The zero-order valence-corrected chi connectivity index (χ0v) is 15.9. The molecule has 0 unspecified atom stereocenters. The fourth-order valence-electron chi connectivity index (χ4n) is 2.77. The summed E-state index contributed by atoms with van der Waals surface area (Å²) in [7, 11) is 0. The number of nitrogens with zero attached hydrogens (tertiary/aromatic N) is 1. The molecule has 0 aliphatic carbocycles. The molecule has 3 rings (SSSR count). The van der Waals surface area contributed by atoms with Crippen LogP contribution in [0.5, 0.6) is 5.75 Å². The summed E-state index contributed by atoms with van der Waals surface area (Å²) in [5.74, 6) is 0.363. The number of ether oxygens (including phenoxy) is 1. The smallest absolute Gasteiger partial charge is 0.277 e. The summed E-state index contributed by atoms with van der Waals surface area (Å²) in [5.41, 5.74) is 4.77. The third kappa shape index (κ3) is 4.94. The lowest BCUT2D eigenvalue weighted by atomic mass is 9.87. The minimum Gasteiger partial charge on any atom is -0.484 e. The molecular formula is C23H24N2O2. The Balaban J connectivity index is 1.54. The monoisotopic (exact) mass is 360 g/mol. The molecule has 1 amide bonds. The molecule has 4 heteroatoms. The molecule has 0 aliphatic rings. The summed E-state index contributed by atoms with van der Waals surface area (Å²) < 4.78 is 5.52. The van der Waals surface area contributed by atoms with Crippen LogP contribution in [0.1, 0.15) is 31.9 Å². The van der Waals surface area contributed by atoms with E-state index >= 15 is 0 Å². The van der Waals surface area contributed by atoms with Gasteiger partial charge in [0.15, 0.2) is 6.61 Å². The van der Waals surface area contributed by atoms with Crippen LogP contribution in [-0.2, 0) is 10.2 Å². The van der Waals surface area contributed by atoms with Gasteiger partial charge in [-0.2, -0.15) is 5.10 Å². The molecule has 3 aromatic carbocycles. The van der Waals surface area contributed by atoms with E-state index in [9.17, 15) is 4.79 Å². The summed E-state index contributed by atoms with van der Waals surface area (Å²) in [6.07, 6.45) is 1.65. The lowest BCUT2D eigenvalue weighted by Crippen LogP contribution is -2.24. The Morgan fingerprint density at radius 1 is 1.00 bits per heavy atom. The second kappa shape index (κ2) is 8.04. The highest BCUT2D eigenvalue weighted by Crippen LogP contribution is 2.24. The number of hydrogen-bond donors (Lipinski definition) is 1. The van der Waals surface area contributed by atoms with E-state index in [-0.39, 0.29) is 17.9 Å². The highest BCUT2D eigenvalue weighted by atomic mass is 16.5. The van der Waals surface area contributed by atoms with Crippen LogP contribution in [-0.4, -0.2) is 18.7 Å². The number of benzene rings is 3. The van der Waals surface area contributed by atoms with E-state index in [1.807, 2.05) is 66.7 Å². The highest BCUT2D eigenvalue weighted by molar-refractivity contribution is 5.99. The maximum atomic E-state index is 11.9. The number of carbonyl (C=O) groups is 1. The Morgan fingerprint density at radius 2 is 1.70 bits per heavy atom. The molecule has 0 fully saturated rings. The first kappa shape index (κ1) is 18.6. The summed E-state index contributed by atoms with van der Waals surface area (Å²) >= 11 is 0. The van der Waals surface area contributed by atoms with E-state index in [0.29, 0.717) is 5.75 Å². The quantitative estimate of drug-likeness (QED) is 0.531. The van der Waals surface area contributed by atoms with Crippen LogP contribution >= 0.6 is 0 Å². The van der Waals surface area contributed by atoms with Gasteiger partial charge in [-0.15, -0.1) is 0 Å². The molecule has 0 saturated carbocycles. The van der Waals surface area contributed by atoms with Crippen molar-refractivity contribution >= 4 is 22.9 Å². The second-order valence-corrected chi connectivity index (χ2v) is 7.42. The van der Waals surface area contributed by atoms with Crippen LogP contribution in [0.2, 0.25) is 0 Å². The van der Waals surface area contributed by atoms with E-state index in [0.717, 1.165) is 16.3 Å². The number of carbonyl (C=O) groups excluding carboxylic acids is 1. The standard InChI is InChI=1S/C23H24N2O2/c1-23(2,3)19-11-13-20(14-12-19)27-16-22(26)25-24-15-18-9-6-8-17-7-4-5-10-21(17)18/h4-15H,16H2,1-3H3,(H,25,26)/b24-15+. The molecule has 0 spiro atoms. The Hall–Kier alpha value is -3.14. The van der Waals surface area contributed by atoms with E-state index in [2.05, 4.69) is 31.3 Å². The second-order valence-electron chi connectivity index (χ2n) is 7.42. The number of amides is 1. The topological polar surface area (TPSA) is 50.7 Å². The minimum absolute atomic E-state index is 0.0816. The van der Waals surface area contributed by atoms with E-state index in [4.69, 9.17) is 4.74 Å². The van der Waals surface area contributed by atoms with Crippen molar-refractivity contribution in [2.75, 3.05) is 6.61 Å². The predicted octanol–water partition coefficient (Wildman–Crippen LogP) is 4.67. The minimum atomic E-state index is -0.300. The number of hydrazone groups is 1. The normalized spacial score (nSPS) is 11.7. The van der Waals surface area contributed by atoms with Crippen LogP contribution in [0, 0.1) is 0 Å². The van der Waals surface area contributed by atoms with Gasteiger partial charge in [0.1, 0.15) is 5.75 Å². The first-order valence-corrected chi connectivity index (χ1v) is 8.96. The average Bonchev–Trinajstić information content (AvgIpc) is 2.66. The molecule has 0 heterocycles. The van der Waals surface area contributed by atoms with Crippen LogP contribution in [0.4, 0.5) is 0 Å². The Morgan fingerprint density at radius 3 is 2.44 bits per heavy atom. The van der Waals surface area contributed by atoms with Crippen molar-refractivity contribution in [3.8, 4) is 5.75 Å². The van der Waals surface area contributed by atoms with Gasteiger partial charge in [-0.3, -0.25) is 4.79 Å². The zero-order chi connectivity index (χ0) is 19.3. The number of rotatable bonds is 5. The lowest BCUT2D eigenvalue weighted by molar-refractivity contribution is -0.123. The van der Waals surface area contributed by atoms with Crippen LogP contribution < -0.4 is 10.2 Å². The summed E-state index contributed by atoms with van der Waals surface area (Å²) in [5, 5.41) is 6.27. The van der Waals surface area contributed by atoms with Crippen molar-refractivity contribution < 1.29 is 9.53 Å². The molecule has 0 bridgehead atoms. The summed E-state index contributed by atoms with van der Waals surface area (Å²) in [4.78, 5) is 11.9. The largest absolute Gasteiger partial charge is 0.484 e. The van der Waals surface area contributed by atoms with Crippen LogP contribution in [0.15, 0.2) is 71.8 Å². The first-order chi connectivity index (χ1) is 12.9. The van der Waals surface area contributed by atoms with Gasteiger partial charge in [-0.1, -0.05) is 75.4 Å². The van der Waals surface area contributed by atoms with Crippen molar-refractivity contribution in [1.82, 2.24) is 5.43 Å². The summed E-state index contributed by atoms with van der Waals surface area (Å²) in [6.45, 7) is 6.39. The lowest BCUT2D eigenvalue weighted by Gasteiger charge is -2.19. The molecule has 0 aromatic heterocycles. The Bertz CT molecular complexity index is 949. The van der Waals surface area contributed by atoms with Gasteiger partial charge < -0.3 is 4.74 Å². The fraction of sp³-hybridized carbons (Fsp3) is 0.217. The maximum absolute atomic E-state index is 11.9. The van der Waals surface area contributed by atoms with Gasteiger partial charge in [0, 0.05) is 5.56 Å². The molecule has 4 nitrogen and oxygen atoms in total. The zero-order valence-electron chi connectivity index (χ0n) is 15.9. The number of hydrogen-bond acceptors (Lipinski definition) is 3. The van der Waals surface area contributed by atoms with Gasteiger partial charge in [0.2, 0.25) is 0 Å². The molecule has 0 atom stereocenters. The molecule has 0 radical (unpaired) electrons. The van der Waals surface area contributed by atoms with Gasteiger partial charge >= 0.3 is 0 Å². The molecular weight excluding hydrogens is 336 g/mol. The first-order valence-electron chi connectivity index (χ1n) is 8.96. The van der Waals surface area contributed by atoms with Gasteiger partial charge in [0.25, 0.3) is 5.91 Å². The molecule has 0 saturated heterocycles. The van der Waals surface area contributed by atoms with E-state index in [1.165, 1.54) is 5.56 Å². The summed E-state index contributed by atoms with van der Waals surface area (Å²) in [6, 6.07) is 21.8. The Kier molecular flexibility index (Phi) is 5.55. The van der Waals surface area contributed by atoms with E-state index < -0.39 is 0 Å². The van der Waals surface area contributed by atoms with Crippen LogP contribution in [0.25, 0.3) is 10.8 Å². The van der Waals surface area contributed by atoms with Gasteiger partial charge in [-0.05, 0) is 33.9 Å². The number of nitrogens with one attached hydrogen (secondary N) is 1. The molecule has 0 aliphatic heterocycles. The van der Waals surface area contributed by atoms with E-state index in [1.54, 1.807) is 6.21 Å². The van der Waals surface area contributed by atoms with Crippen LogP contribution in [0.3, 0.4) is 0 Å². The molecule has 1 N–H and O–H groups in total. The van der Waals surface area contributed by atoms with Crippen molar-refractivity contribution in [2.45, 2.75) is 26.2 Å². The molecule has 27 heavy (non-hydrogen) atoms.